The fourth-order valence-corrected chi connectivity index (χ4v) is 2.62. The van der Waals surface area contributed by atoms with Crippen LogP contribution in [0.25, 0.3) is 0 Å². The minimum atomic E-state index is 0.424. The third-order valence-electron chi connectivity index (χ3n) is 2.92. The van der Waals surface area contributed by atoms with Crippen LogP contribution in [0.2, 0.25) is 0 Å². The zero-order valence-electron chi connectivity index (χ0n) is 12.4. The second kappa shape index (κ2) is 7.08. The SMILES string of the molecule is CCSc1ccccc1NC(C)CCC(C)(C)C. The molecule has 0 saturated heterocycles. The van der Waals surface area contributed by atoms with E-state index in [1.807, 2.05) is 11.8 Å². The topological polar surface area (TPSA) is 12.0 Å². The third kappa shape index (κ3) is 5.81. The molecular weight excluding hydrogens is 238 g/mol. The van der Waals surface area contributed by atoms with Crippen molar-refractivity contribution >= 4 is 17.4 Å². The van der Waals surface area contributed by atoms with Gasteiger partial charge in [0.15, 0.2) is 0 Å². The number of nitrogens with one attached hydrogen (secondary N) is 1. The number of para-hydroxylation sites is 1. The molecule has 0 amide bonds. The molecular formula is C16H27NS. The summed E-state index contributed by atoms with van der Waals surface area (Å²) in [5, 5.41) is 3.65. The first-order valence-electron chi connectivity index (χ1n) is 6.91. The summed E-state index contributed by atoms with van der Waals surface area (Å²) in [6.07, 6.45) is 2.47. The van der Waals surface area contributed by atoms with E-state index in [1.165, 1.54) is 23.4 Å². The molecule has 1 atom stereocenters. The second-order valence-electron chi connectivity index (χ2n) is 6.07. The molecule has 0 fully saturated rings. The monoisotopic (exact) mass is 265 g/mol. The Morgan fingerprint density at radius 2 is 1.89 bits per heavy atom. The van der Waals surface area contributed by atoms with Crippen molar-refractivity contribution in [3.63, 3.8) is 0 Å². The van der Waals surface area contributed by atoms with Crippen molar-refractivity contribution in [1.82, 2.24) is 0 Å². The minimum Gasteiger partial charge on any atom is -0.382 e. The molecule has 102 valence electrons. The molecule has 0 bridgehead atoms. The maximum atomic E-state index is 3.65. The van der Waals surface area contributed by atoms with Crippen molar-refractivity contribution in [3.8, 4) is 0 Å². The number of hydrogen-bond donors (Lipinski definition) is 1. The van der Waals surface area contributed by atoms with Crippen molar-refractivity contribution in [1.29, 1.82) is 0 Å². The van der Waals surface area contributed by atoms with E-state index in [0.29, 0.717) is 11.5 Å². The van der Waals surface area contributed by atoms with E-state index in [-0.39, 0.29) is 0 Å². The Bertz CT molecular complexity index is 354. The Hall–Kier alpha value is -0.630. The van der Waals surface area contributed by atoms with E-state index in [2.05, 4.69) is 64.2 Å². The summed E-state index contributed by atoms with van der Waals surface area (Å²) in [6.45, 7) is 11.4. The van der Waals surface area contributed by atoms with Crippen LogP contribution in [-0.2, 0) is 0 Å². The summed E-state index contributed by atoms with van der Waals surface area (Å²) in [6, 6.07) is 9.14. The molecule has 0 aliphatic rings. The lowest BCUT2D eigenvalue weighted by atomic mass is 9.89. The van der Waals surface area contributed by atoms with E-state index >= 15 is 0 Å². The van der Waals surface area contributed by atoms with Crippen molar-refractivity contribution in [2.45, 2.75) is 58.4 Å². The Morgan fingerprint density at radius 3 is 2.50 bits per heavy atom. The van der Waals surface area contributed by atoms with Crippen LogP contribution in [0.1, 0.15) is 47.5 Å². The fourth-order valence-electron chi connectivity index (χ4n) is 1.85. The number of thioether (sulfide) groups is 1. The predicted octanol–water partition coefficient (Wildman–Crippen LogP) is 5.43. The molecule has 1 aromatic carbocycles. The average molecular weight is 265 g/mol. The van der Waals surface area contributed by atoms with Gasteiger partial charge in [-0.3, -0.25) is 0 Å². The van der Waals surface area contributed by atoms with Crippen LogP contribution in [0.4, 0.5) is 5.69 Å². The predicted molar refractivity (Wildman–Crippen MR) is 84.6 cm³/mol. The Kier molecular flexibility index (Phi) is 6.07. The minimum absolute atomic E-state index is 0.424. The molecule has 0 saturated carbocycles. The van der Waals surface area contributed by atoms with Gasteiger partial charge in [-0.05, 0) is 43.1 Å². The standard InChI is InChI=1S/C16H27NS/c1-6-18-15-10-8-7-9-14(15)17-13(2)11-12-16(3,4)5/h7-10,13,17H,6,11-12H2,1-5H3. The highest BCUT2D eigenvalue weighted by atomic mass is 32.2. The molecule has 1 N–H and O–H groups in total. The van der Waals surface area contributed by atoms with E-state index in [9.17, 15) is 0 Å². The van der Waals surface area contributed by atoms with Crippen molar-refractivity contribution < 1.29 is 0 Å². The zero-order valence-corrected chi connectivity index (χ0v) is 13.2. The Balaban J connectivity index is 2.55. The van der Waals surface area contributed by atoms with Crippen LogP contribution in [0, 0.1) is 5.41 Å². The lowest BCUT2D eigenvalue weighted by Gasteiger charge is -2.23. The van der Waals surface area contributed by atoms with Gasteiger partial charge in [-0.15, -0.1) is 11.8 Å². The van der Waals surface area contributed by atoms with Crippen LogP contribution < -0.4 is 5.32 Å². The van der Waals surface area contributed by atoms with Crippen LogP contribution >= 0.6 is 11.8 Å². The summed E-state index contributed by atoms with van der Waals surface area (Å²) in [5.74, 6) is 1.12. The normalized spacial score (nSPS) is 13.4. The molecule has 2 heteroatoms. The average Bonchev–Trinajstić information content (AvgIpc) is 2.29. The van der Waals surface area contributed by atoms with Crippen molar-refractivity contribution in [2.75, 3.05) is 11.1 Å². The molecule has 0 aliphatic heterocycles. The van der Waals surface area contributed by atoms with Crippen molar-refractivity contribution in [3.05, 3.63) is 24.3 Å². The molecule has 0 radical (unpaired) electrons. The summed E-state index contributed by atoms with van der Waals surface area (Å²) in [7, 11) is 0. The van der Waals surface area contributed by atoms with E-state index in [1.54, 1.807) is 0 Å². The smallest absolute Gasteiger partial charge is 0.0480 e. The third-order valence-corrected chi connectivity index (χ3v) is 3.87. The first kappa shape index (κ1) is 15.4. The highest BCUT2D eigenvalue weighted by molar-refractivity contribution is 7.99. The number of hydrogen-bond acceptors (Lipinski definition) is 2. The molecule has 0 spiro atoms. The first-order valence-corrected chi connectivity index (χ1v) is 7.89. The van der Waals surface area contributed by atoms with E-state index in [0.717, 1.165) is 5.75 Å². The summed E-state index contributed by atoms with van der Waals surface area (Å²) >= 11 is 1.91. The van der Waals surface area contributed by atoms with Crippen LogP contribution in [-0.4, -0.2) is 11.8 Å². The van der Waals surface area contributed by atoms with Gasteiger partial charge in [0.05, 0.1) is 0 Å². The maximum Gasteiger partial charge on any atom is 0.0480 e. The van der Waals surface area contributed by atoms with Gasteiger partial charge in [-0.2, -0.15) is 0 Å². The maximum absolute atomic E-state index is 3.65. The van der Waals surface area contributed by atoms with Crippen molar-refractivity contribution in [2.24, 2.45) is 5.41 Å². The van der Waals surface area contributed by atoms with Gasteiger partial charge >= 0.3 is 0 Å². The quantitative estimate of drug-likeness (QED) is 0.689. The van der Waals surface area contributed by atoms with Crippen LogP contribution in [0.15, 0.2) is 29.2 Å². The van der Waals surface area contributed by atoms with Gasteiger partial charge in [-0.25, -0.2) is 0 Å². The molecule has 0 aliphatic carbocycles. The molecule has 1 rings (SSSR count). The lowest BCUT2D eigenvalue weighted by molar-refractivity contribution is 0.357. The highest BCUT2D eigenvalue weighted by Crippen LogP contribution is 2.28. The van der Waals surface area contributed by atoms with E-state index < -0.39 is 0 Å². The number of anilines is 1. The summed E-state index contributed by atoms with van der Waals surface area (Å²) in [4.78, 5) is 1.36. The van der Waals surface area contributed by atoms with Gasteiger partial charge < -0.3 is 5.32 Å². The molecule has 1 aromatic rings. The first-order chi connectivity index (χ1) is 8.42. The van der Waals surface area contributed by atoms with Gasteiger partial charge in [0.2, 0.25) is 0 Å². The Labute approximate surface area is 117 Å². The second-order valence-corrected chi connectivity index (χ2v) is 7.38. The fraction of sp³-hybridized carbons (Fsp3) is 0.625. The molecule has 18 heavy (non-hydrogen) atoms. The summed E-state index contributed by atoms with van der Waals surface area (Å²) < 4.78 is 0. The van der Waals surface area contributed by atoms with Gasteiger partial charge in [0.25, 0.3) is 0 Å². The molecule has 1 nitrogen and oxygen atoms in total. The van der Waals surface area contributed by atoms with Crippen LogP contribution in [0.5, 0.6) is 0 Å². The highest BCUT2D eigenvalue weighted by Gasteiger charge is 2.13. The van der Waals surface area contributed by atoms with Crippen LogP contribution in [0.3, 0.4) is 0 Å². The molecule has 0 aromatic heterocycles. The van der Waals surface area contributed by atoms with Gasteiger partial charge in [0.1, 0.15) is 0 Å². The lowest BCUT2D eigenvalue weighted by Crippen LogP contribution is -2.18. The molecule has 1 unspecified atom stereocenters. The van der Waals surface area contributed by atoms with E-state index in [4.69, 9.17) is 0 Å². The zero-order chi connectivity index (χ0) is 13.6. The summed E-state index contributed by atoms with van der Waals surface area (Å²) in [5.41, 5.74) is 1.71. The van der Waals surface area contributed by atoms with Gasteiger partial charge in [0, 0.05) is 16.6 Å². The van der Waals surface area contributed by atoms with Gasteiger partial charge in [-0.1, -0.05) is 39.8 Å². The number of rotatable bonds is 6. The molecule has 0 heterocycles. The Morgan fingerprint density at radius 1 is 1.22 bits per heavy atom. The number of benzene rings is 1. The largest absolute Gasteiger partial charge is 0.382 e.